The molecule has 1 aliphatic heterocycles. The first-order chi connectivity index (χ1) is 11.6. The van der Waals surface area contributed by atoms with Gasteiger partial charge in [0.1, 0.15) is 5.25 Å². The largest absolute Gasteiger partial charge is 0.399 e. The third-order valence-electron chi connectivity index (χ3n) is 4.27. The van der Waals surface area contributed by atoms with Crippen molar-refractivity contribution in [2.45, 2.75) is 5.25 Å². The molecule has 128 valence electrons. The van der Waals surface area contributed by atoms with Crippen molar-refractivity contribution in [3.05, 3.63) is 60.3 Å². The second-order valence-electron chi connectivity index (χ2n) is 5.72. The van der Waals surface area contributed by atoms with E-state index in [0.29, 0.717) is 5.69 Å². The number of hydrogen-bond donors (Lipinski definition) is 1. The number of fused-ring (bicyclic) bond motifs is 1. The van der Waals surface area contributed by atoms with Crippen LogP contribution >= 0.6 is 24.2 Å². The van der Waals surface area contributed by atoms with Gasteiger partial charge in [-0.2, -0.15) is 0 Å². The topological polar surface area (TPSA) is 68.3 Å². The molecule has 2 N–H and O–H groups in total. The lowest BCUT2D eigenvalue weighted by Gasteiger charge is -2.11. The number of thioether (sulfide) groups is 1. The summed E-state index contributed by atoms with van der Waals surface area (Å²) in [4.78, 5) is 25.3. The molecule has 3 aromatic rings. The highest BCUT2D eigenvalue weighted by atomic mass is 35.5. The Hall–Kier alpha value is -2.44. The van der Waals surface area contributed by atoms with Gasteiger partial charge in [0.2, 0.25) is 5.91 Å². The van der Waals surface area contributed by atoms with Crippen LogP contribution in [0.3, 0.4) is 0 Å². The third kappa shape index (κ3) is 2.77. The number of nitrogens with zero attached hydrogens (tertiary/aromatic N) is 2. The Morgan fingerprint density at radius 3 is 2.40 bits per heavy atom. The second kappa shape index (κ2) is 6.46. The van der Waals surface area contributed by atoms with Gasteiger partial charge in [0.25, 0.3) is 5.24 Å². The van der Waals surface area contributed by atoms with Crippen molar-refractivity contribution in [3.63, 3.8) is 0 Å². The number of nitrogen functional groups attached to an aromatic ring is 1. The molecule has 0 radical (unpaired) electrons. The molecule has 1 fully saturated rings. The zero-order valence-electron chi connectivity index (χ0n) is 13.4. The average Bonchev–Trinajstić information content (AvgIpc) is 3.12. The van der Waals surface area contributed by atoms with Crippen molar-refractivity contribution in [3.8, 4) is 5.69 Å². The molecule has 2 aromatic carbocycles. The van der Waals surface area contributed by atoms with Gasteiger partial charge in [0.05, 0.1) is 5.52 Å². The lowest BCUT2D eigenvalue weighted by atomic mass is 10.1. The van der Waals surface area contributed by atoms with Crippen LogP contribution < -0.4 is 5.73 Å². The summed E-state index contributed by atoms with van der Waals surface area (Å²) >= 11 is 1.07. The van der Waals surface area contributed by atoms with Gasteiger partial charge >= 0.3 is 0 Å². The molecule has 4 rings (SSSR count). The number of carbonyl (C=O) groups excluding carboxylic acids is 2. The minimum Gasteiger partial charge on any atom is -0.399 e. The van der Waals surface area contributed by atoms with Crippen LogP contribution in [0, 0.1) is 0 Å². The van der Waals surface area contributed by atoms with Crippen molar-refractivity contribution in [2.24, 2.45) is 0 Å². The van der Waals surface area contributed by atoms with Crippen molar-refractivity contribution in [1.82, 2.24) is 9.47 Å². The number of halogens is 1. The van der Waals surface area contributed by atoms with Gasteiger partial charge < -0.3 is 10.3 Å². The Kier molecular flexibility index (Phi) is 4.49. The molecule has 0 saturated carbocycles. The third-order valence-corrected chi connectivity index (χ3v) is 5.43. The van der Waals surface area contributed by atoms with Crippen LogP contribution in [0.4, 0.5) is 10.5 Å². The summed E-state index contributed by atoms with van der Waals surface area (Å²) in [6, 6.07) is 15.4. The molecule has 0 aliphatic carbocycles. The van der Waals surface area contributed by atoms with E-state index in [1.165, 1.54) is 11.9 Å². The number of aromatic nitrogens is 1. The van der Waals surface area contributed by atoms with Crippen LogP contribution in [0.15, 0.2) is 54.7 Å². The molecular weight excluding hydrogens is 358 g/mol. The minimum absolute atomic E-state index is 0. The van der Waals surface area contributed by atoms with E-state index in [1.54, 1.807) is 0 Å². The van der Waals surface area contributed by atoms with Gasteiger partial charge in [0, 0.05) is 30.0 Å². The van der Waals surface area contributed by atoms with E-state index in [1.807, 2.05) is 59.3 Å². The summed E-state index contributed by atoms with van der Waals surface area (Å²) in [5, 5.41) is 0.289. The van der Waals surface area contributed by atoms with E-state index in [-0.39, 0.29) is 23.6 Å². The normalized spacial score (nSPS) is 17.2. The number of carbonyl (C=O) groups is 2. The van der Waals surface area contributed by atoms with Crippen LogP contribution in [0.5, 0.6) is 0 Å². The number of hydrogen-bond acceptors (Lipinski definition) is 4. The fourth-order valence-corrected chi connectivity index (χ4v) is 4.01. The van der Waals surface area contributed by atoms with Gasteiger partial charge in [-0.1, -0.05) is 12.1 Å². The first kappa shape index (κ1) is 17.4. The highest BCUT2D eigenvalue weighted by molar-refractivity contribution is 8.15. The molecular formula is C18H16ClN3O2S. The molecule has 1 unspecified atom stereocenters. The molecule has 1 saturated heterocycles. The molecule has 2 heterocycles. The smallest absolute Gasteiger partial charge is 0.289 e. The van der Waals surface area contributed by atoms with Gasteiger partial charge in [-0.25, -0.2) is 0 Å². The molecule has 1 aromatic heterocycles. The quantitative estimate of drug-likeness (QED) is 0.689. The average molecular weight is 374 g/mol. The molecule has 0 bridgehead atoms. The number of benzene rings is 2. The number of rotatable bonds is 2. The fourth-order valence-electron chi connectivity index (χ4n) is 2.97. The summed E-state index contributed by atoms with van der Waals surface area (Å²) in [5.41, 5.74) is 9.33. The maximum atomic E-state index is 12.3. The summed E-state index contributed by atoms with van der Waals surface area (Å²) in [7, 11) is 1.53. The number of anilines is 1. The Labute approximate surface area is 155 Å². The Bertz CT molecular complexity index is 968. The van der Waals surface area contributed by atoms with Crippen molar-refractivity contribution in [1.29, 1.82) is 0 Å². The zero-order chi connectivity index (χ0) is 16.8. The van der Waals surface area contributed by atoms with Gasteiger partial charge in [-0.3, -0.25) is 14.5 Å². The highest BCUT2D eigenvalue weighted by Crippen LogP contribution is 2.41. The predicted molar refractivity (Wildman–Crippen MR) is 103 cm³/mol. The van der Waals surface area contributed by atoms with Gasteiger partial charge in [-0.05, 0) is 53.7 Å². The molecule has 7 heteroatoms. The summed E-state index contributed by atoms with van der Waals surface area (Å²) in [6.45, 7) is 0. The maximum Gasteiger partial charge on any atom is 0.289 e. The SMILES string of the molecule is CN1C(=O)SC(c2cccc3c2ccn3-c2ccc(N)cc2)C1=O.Cl. The number of imide groups is 1. The van der Waals surface area contributed by atoms with E-state index >= 15 is 0 Å². The lowest BCUT2D eigenvalue weighted by Crippen LogP contribution is -2.24. The summed E-state index contributed by atoms with van der Waals surface area (Å²) < 4.78 is 2.05. The number of nitrogens with two attached hydrogens (primary N) is 1. The summed E-state index contributed by atoms with van der Waals surface area (Å²) in [5.74, 6) is -0.169. The van der Waals surface area contributed by atoms with E-state index in [9.17, 15) is 9.59 Å². The molecule has 1 atom stereocenters. The van der Waals surface area contributed by atoms with Crippen molar-refractivity contribution in [2.75, 3.05) is 12.8 Å². The molecule has 0 spiro atoms. The fraction of sp³-hybridized carbons (Fsp3) is 0.111. The second-order valence-corrected chi connectivity index (χ2v) is 6.77. The first-order valence-corrected chi connectivity index (χ1v) is 8.38. The molecule has 2 amide bonds. The highest BCUT2D eigenvalue weighted by Gasteiger charge is 2.38. The Balaban J connectivity index is 0.00000182. The van der Waals surface area contributed by atoms with Crippen molar-refractivity contribution < 1.29 is 9.59 Å². The van der Waals surface area contributed by atoms with E-state index in [0.717, 1.165) is 33.9 Å². The monoisotopic (exact) mass is 373 g/mol. The van der Waals surface area contributed by atoms with Crippen LogP contribution in [-0.2, 0) is 4.79 Å². The van der Waals surface area contributed by atoms with Gasteiger partial charge in [0.15, 0.2) is 0 Å². The molecule has 25 heavy (non-hydrogen) atoms. The lowest BCUT2D eigenvalue weighted by molar-refractivity contribution is -0.125. The van der Waals surface area contributed by atoms with E-state index < -0.39 is 5.25 Å². The zero-order valence-corrected chi connectivity index (χ0v) is 15.0. The van der Waals surface area contributed by atoms with Crippen LogP contribution in [0.2, 0.25) is 0 Å². The molecule has 5 nitrogen and oxygen atoms in total. The maximum absolute atomic E-state index is 12.3. The van der Waals surface area contributed by atoms with E-state index in [4.69, 9.17) is 5.73 Å². The first-order valence-electron chi connectivity index (χ1n) is 7.50. The molecule has 1 aliphatic rings. The van der Waals surface area contributed by atoms with Crippen molar-refractivity contribution >= 4 is 51.9 Å². The van der Waals surface area contributed by atoms with E-state index in [2.05, 4.69) is 0 Å². The summed E-state index contributed by atoms with van der Waals surface area (Å²) in [6.07, 6.45) is 1.97. The van der Waals surface area contributed by atoms with Crippen LogP contribution in [-0.4, -0.2) is 27.7 Å². The number of amides is 2. The predicted octanol–water partition coefficient (Wildman–Crippen LogP) is 4.00. The van der Waals surface area contributed by atoms with Crippen LogP contribution in [0.1, 0.15) is 10.8 Å². The minimum atomic E-state index is -0.478. The standard InChI is InChI=1S/C18H15N3O2S.ClH/c1-20-17(22)16(24-18(20)23)14-3-2-4-15-13(14)9-10-21(15)12-7-5-11(19)6-8-12;/h2-10,16H,19H2,1H3;1H. The Morgan fingerprint density at radius 2 is 1.76 bits per heavy atom. The van der Waals surface area contributed by atoms with Crippen LogP contribution in [0.25, 0.3) is 16.6 Å². The number of likely N-dealkylation sites (N-methyl/N-ethyl adjacent to an activating group) is 1. The van der Waals surface area contributed by atoms with Gasteiger partial charge in [-0.15, -0.1) is 12.4 Å². The Morgan fingerprint density at radius 1 is 1.04 bits per heavy atom.